The summed E-state index contributed by atoms with van der Waals surface area (Å²) in [4.78, 5) is 18.7. The quantitative estimate of drug-likeness (QED) is 0.763. The monoisotopic (exact) mass is 364 g/mol. The first-order valence-corrected chi connectivity index (χ1v) is 9.22. The van der Waals surface area contributed by atoms with Crippen molar-refractivity contribution in [3.8, 4) is 11.7 Å². The van der Waals surface area contributed by atoms with Gasteiger partial charge in [0.1, 0.15) is 0 Å². The van der Waals surface area contributed by atoms with Gasteiger partial charge in [-0.1, -0.05) is 36.2 Å². The third-order valence-corrected chi connectivity index (χ3v) is 5.56. The summed E-state index contributed by atoms with van der Waals surface area (Å²) in [6.07, 6.45) is 5.86. The number of carbonyl (C=O) groups excluding carboxylic acids is 1. The predicted molar refractivity (Wildman–Crippen MR) is 97.7 cm³/mol. The molecule has 27 heavy (non-hydrogen) atoms. The van der Waals surface area contributed by atoms with Crippen LogP contribution in [0.4, 0.5) is 5.69 Å². The van der Waals surface area contributed by atoms with Crippen molar-refractivity contribution in [1.29, 1.82) is 0 Å². The number of furan rings is 1. The predicted octanol–water partition coefficient (Wildman–Crippen LogP) is 3.15. The van der Waals surface area contributed by atoms with Crippen molar-refractivity contribution in [3.63, 3.8) is 0 Å². The lowest BCUT2D eigenvalue weighted by Crippen LogP contribution is -2.34. The van der Waals surface area contributed by atoms with Gasteiger partial charge in [-0.2, -0.15) is 4.98 Å². The highest BCUT2D eigenvalue weighted by Crippen LogP contribution is 2.37. The van der Waals surface area contributed by atoms with E-state index in [1.54, 1.807) is 11.2 Å². The fourth-order valence-electron chi connectivity index (χ4n) is 4.06. The number of nitrogens with zero attached hydrogens (tertiary/aromatic N) is 3. The molecule has 1 amide bonds. The van der Waals surface area contributed by atoms with Crippen molar-refractivity contribution in [2.24, 2.45) is 5.73 Å². The number of carbonyl (C=O) groups is 1. The normalized spacial score (nSPS) is 18.3. The molecule has 1 aromatic carbocycles. The first kappa shape index (κ1) is 16.3. The Balaban J connectivity index is 1.44. The zero-order chi connectivity index (χ0) is 18.4. The van der Waals surface area contributed by atoms with Crippen LogP contribution in [0, 0.1) is 0 Å². The molecule has 1 aliphatic carbocycles. The molecule has 0 saturated heterocycles. The minimum Gasteiger partial charge on any atom is -0.459 e. The van der Waals surface area contributed by atoms with Crippen molar-refractivity contribution in [3.05, 3.63) is 53.5 Å². The molecule has 2 aromatic heterocycles. The third-order valence-electron chi connectivity index (χ3n) is 5.56. The number of hydrogen-bond acceptors (Lipinski definition) is 6. The zero-order valence-electron chi connectivity index (χ0n) is 14.9. The topological polar surface area (TPSA) is 98.4 Å². The Morgan fingerprint density at radius 1 is 1.19 bits per heavy atom. The summed E-state index contributed by atoms with van der Waals surface area (Å²) in [7, 11) is 0. The zero-order valence-corrected chi connectivity index (χ0v) is 14.9. The number of anilines is 1. The van der Waals surface area contributed by atoms with E-state index < -0.39 is 5.54 Å². The fourth-order valence-corrected chi connectivity index (χ4v) is 4.06. The highest BCUT2D eigenvalue weighted by molar-refractivity contribution is 6.01. The van der Waals surface area contributed by atoms with Crippen molar-refractivity contribution in [2.75, 3.05) is 4.90 Å². The number of benzene rings is 1. The molecule has 138 valence electrons. The second-order valence-electron chi connectivity index (χ2n) is 7.35. The summed E-state index contributed by atoms with van der Waals surface area (Å²) in [5, 5.41) is 4.10. The Bertz CT molecular complexity index is 1000. The molecular formula is C20H20N4O3. The Morgan fingerprint density at radius 3 is 2.85 bits per heavy atom. The number of hydrogen-bond donors (Lipinski definition) is 1. The van der Waals surface area contributed by atoms with Gasteiger partial charge >= 0.3 is 0 Å². The van der Waals surface area contributed by atoms with Crippen molar-refractivity contribution < 1.29 is 13.7 Å². The Morgan fingerprint density at radius 2 is 2.00 bits per heavy atom. The van der Waals surface area contributed by atoms with Gasteiger partial charge in [0.15, 0.2) is 11.6 Å². The number of aromatic nitrogens is 2. The molecular weight excluding hydrogens is 344 g/mol. The van der Waals surface area contributed by atoms with Crippen LogP contribution in [-0.4, -0.2) is 16.0 Å². The second kappa shape index (κ2) is 6.06. The van der Waals surface area contributed by atoms with Crippen LogP contribution in [0.1, 0.15) is 42.6 Å². The summed E-state index contributed by atoms with van der Waals surface area (Å²) in [6.45, 7) is 0.396. The van der Waals surface area contributed by atoms with Crippen molar-refractivity contribution >= 4 is 11.6 Å². The summed E-state index contributed by atoms with van der Waals surface area (Å²) in [6, 6.07) is 9.66. The van der Waals surface area contributed by atoms with E-state index in [4.69, 9.17) is 14.7 Å². The smallest absolute Gasteiger partial charge is 0.294 e. The minimum absolute atomic E-state index is 0.0708. The average Bonchev–Trinajstić information content (AvgIpc) is 3.43. The van der Waals surface area contributed by atoms with E-state index in [0.717, 1.165) is 42.5 Å². The standard InChI is InChI=1S/C20H20N4O3/c21-20(8-3-4-9-20)19-22-18(27-23-19)17-14(7-10-26-17)12-24-15-6-2-1-5-13(15)11-16(24)25/h1-2,5-7,10H,3-4,8-9,11-12,21H2. The fraction of sp³-hybridized carbons (Fsp3) is 0.350. The molecule has 2 aliphatic rings. The largest absolute Gasteiger partial charge is 0.459 e. The van der Waals surface area contributed by atoms with Crippen LogP contribution >= 0.6 is 0 Å². The first-order chi connectivity index (χ1) is 13.1. The molecule has 0 atom stereocenters. The second-order valence-corrected chi connectivity index (χ2v) is 7.35. The molecule has 5 rings (SSSR count). The Labute approximate surface area is 156 Å². The number of rotatable bonds is 4. The third kappa shape index (κ3) is 2.66. The SMILES string of the molecule is NC1(c2noc(-c3occc3CN3C(=O)Cc4ccccc43)n2)CCCC1. The molecule has 3 heterocycles. The molecule has 0 radical (unpaired) electrons. The van der Waals surface area contributed by atoms with E-state index in [2.05, 4.69) is 10.1 Å². The van der Waals surface area contributed by atoms with E-state index >= 15 is 0 Å². The van der Waals surface area contributed by atoms with E-state index in [1.807, 2.05) is 30.3 Å². The van der Waals surface area contributed by atoms with Crippen molar-refractivity contribution in [1.82, 2.24) is 10.1 Å². The Kier molecular flexibility index (Phi) is 3.65. The van der Waals surface area contributed by atoms with Crippen LogP contribution in [0.5, 0.6) is 0 Å². The van der Waals surface area contributed by atoms with E-state index in [-0.39, 0.29) is 5.91 Å². The number of amides is 1. The van der Waals surface area contributed by atoms with Gasteiger partial charge in [-0.3, -0.25) is 4.79 Å². The van der Waals surface area contributed by atoms with E-state index in [1.165, 1.54) is 0 Å². The number of nitrogens with two attached hydrogens (primary N) is 1. The summed E-state index contributed by atoms with van der Waals surface area (Å²) in [5.41, 5.74) is 8.71. The summed E-state index contributed by atoms with van der Waals surface area (Å²) >= 11 is 0. The molecule has 0 unspecified atom stereocenters. The van der Waals surface area contributed by atoms with Gasteiger partial charge in [0.2, 0.25) is 5.91 Å². The molecule has 7 heteroatoms. The highest BCUT2D eigenvalue weighted by atomic mass is 16.5. The van der Waals surface area contributed by atoms with Crippen LogP contribution in [0.25, 0.3) is 11.7 Å². The highest BCUT2D eigenvalue weighted by Gasteiger charge is 2.37. The molecule has 1 aliphatic heterocycles. The molecule has 2 N–H and O–H groups in total. The lowest BCUT2D eigenvalue weighted by atomic mass is 9.99. The van der Waals surface area contributed by atoms with Gasteiger partial charge in [0, 0.05) is 11.3 Å². The van der Waals surface area contributed by atoms with Gasteiger partial charge in [-0.25, -0.2) is 0 Å². The van der Waals surface area contributed by atoms with Crippen LogP contribution in [0.2, 0.25) is 0 Å². The maximum Gasteiger partial charge on any atom is 0.294 e. The van der Waals surface area contributed by atoms with Gasteiger partial charge in [-0.15, -0.1) is 0 Å². The molecule has 0 bridgehead atoms. The van der Waals surface area contributed by atoms with Gasteiger partial charge in [-0.05, 0) is 30.5 Å². The maximum atomic E-state index is 12.5. The molecule has 1 fully saturated rings. The van der Waals surface area contributed by atoms with Crippen molar-refractivity contribution in [2.45, 2.75) is 44.2 Å². The first-order valence-electron chi connectivity index (χ1n) is 9.22. The van der Waals surface area contributed by atoms with Crippen LogP contribution in [-0.2, 0) is 23.3 Å². The van der Waals surface area contributed by atoms with E-state index in [0.29, 0.717) is 30.4 Å². The van der Waals surface area contributed by atoms with Gasteiger partial charge < -0.3 is 19.6 Å². The number of para-hydroxylation sites is 1. The van der Waals surface area contributed by atoms with Crippen LogP contribution in [0.15, 0.2) is 45.5 Å². The average molecular weight is 364 g/mol. The van der Waals surface area contributed by atoms with Gasteiger partial charge in [0.25, 0.3) is 5.89 Å². The number of fused-ring (bicyclic) bond motifs is 1. The van der Waals surface area contributed by atoms with Crippen LogP contribution in [0.3, 0.4) is 0 Å². The molecule has 3 aromatic rings. The van der Waals surface area contributed by atoms with E-state index in [9.17, 15) is 4.79 Å². The summed E-state index contributed by atoms with van der Waals surface area (Å²) in [5.74, 6) is 1.40. The minimum atomic E-state index is -0.516. The maximum absolute atomic E-state index is 12.5. The molecule has 1 saturated carbocycles. The lowest BCUT2D eigenvalue weighted by Gasteiger charge is -2.17. The molecule has 0 spiro atoms. The van der Waals surface area contributed by atoms with Crippen LogP contribution < -0.4 is 10.6 Å². The van der Waals surface area contributed by atoms with Gasteiger partial charge in [0.05, 0.1) is 24.8 Å². The summed E-state index contributed by atoms with van der Waals surface area (Å²) < 4.78 is 11.1. The lowest BCUT2D eigenvalue weighted by molar-refractivity contribution is -0.117. The Hall–Kier alpha value is -2.93. The molecule has 7 nitrogen and oxygen atoms in total.